The Morgan fingerprint density at radius 2 is 1.67 bits per heavy atom. The molecule has 2 heterocycles. The van der Waals surface area contributed by atoms with E-state index in [9.17, 15) is 19.1 Å². The van der Waals surface area contributed by atoms with Crippen LogP contribution < -0.4 is 10.3 Å². The number of aromatic carboxylic acids is 1. The number of benzene rings is 3. The maximum atomic E-state index is 15.9. The van der Waals surface area contributed by atoms with Crippen LogP contribution in [0.1, 0.15) is 21.5 Å². The van der Waals surface area contributed by atoms with Gasteiger partial charge in [-0.3, -0.25) is 4.79 Å². The van der Waals surface area contributed by atoms with E-state index in [1.165, 1.54) is 17.0 Å². The molecule has 0 unspecified atom stereocenters. The van der Waals surface area contributed by atoms with Crippen molar-refractivity contribution < 1.29 is 23.1 Å². The number of pyridine rings is 1. The van der Waals surface area contributed by atoms with E-state index in [1.54, 1.807) is 18.2 Å². The van der Waals surface area contributed by atoms with E-state index in [-0.39, 0.29) is 30.0 Å². The van der Waals surface area contributed by atoms with E-state index in [0.29, 0.717) is 5.02 Å². The van der Waals surface area contributed by atoms with Crippen LogP contribution in [-0.4, -0.2) is 15.6 Å². The number of anilines is 1. The minimum absolute atomic E-state index is 0.198. The summed E-state index contributed by atoms with van der Waals surface area (Å²) in [4.78, 5) is 25.8. The number of carboxylic acids is 1. The van der Waals surface area contributed by atoms with Gasteiger partial charge in [-0.2, -0.15) is 0 Å². The molecule has 166 valence electrons. The van der Waals surface area contributed by atoms with Crippen molar-refractivity contribution in [3.63, 3.8) is 0 Å². The molecule has 5 nitrogen and oxygen atoms in total. The summed E-state index contributed by atoms with van der Waals surface area (Å²) in [6.45, 7) is 0.420. The highest BCUT2D eigenvalue weighted by Gasteiger charge is 2.29. The number of halogens is 4. The first-order valence-electron chi connectivity index (χ1n) is 9.83. The van der Waals surface area contributed by atoms with Gasteiger partial charge in [0.15, 0.2) is 5.82 Å². The average molecular weight is 471 g/mol. The van der Waals surface area contributed by atoms with Gasteiger partial charge in [-0.05, 0) is 53.6 Å². The Balaban J connectivity index is 1.78. The van der Waals surface area contributed by atoms with Gasteiger partial charge >= 0.3 is 5.97 Å². The van der Waals surface area contributed by atoms with Crippen molar-refractivity contribution in [2.45, 2.75) is 13.1 Å². The van der Waals surface area contributed by atoms with Crippen molar-refractivity contribution in [3.8, 4) is 5.69 Å². The molecular formula is C24H14ClF3N2O3. The van der Waals surface area contributed by atoms with E-state index in [4.69, 9.17) is 11.6 Å². The van der Waals surface area contributed by atoms with Gasteiger partial charge < -0.3 is 14.6 Å². The smallest absolute Gasteiger partial charge is 0.341 e. The number of carboxylic acid groups (broad SMARTS) is 1. The third-order valence-electron chi connectivity index (χ3n) is 5.70. The molecule has 1 N–H and O–H groups in total. The molecule has 1 aliphatic rings. The Hall–Kier alpha value is -3.78. The lowest BCUT2D eigenvalue weighted by molar-refractivity contribution is 0.0695. The molecule has 0 bridgehead atoms. The van der Waals surface area contributed by atoms with Gasteiger partial charge in [-0.15, -0.1) is 0 Å². The van der Waals surface area contributed by atoms with Gasteiger partial charge in [0.25, 0.3) is 0 Å². The van der Waals surface area contributed by atoms with Crippen molar-refractivity contribution >= 4 is 34.2 Å². The van der Waals surface area contributed by atoms with Crippen molar-refractivity contribution in [1.29, 1.82) is 0 Å². The first-order valence-corrected chi connectivity index (χ1v) is 10.2. The van der Waals surface area contributed by atoms with Crippen LogP contribution in [0.25, 0.3) is 16.6 Å². The fraction of sp³-hybridized carbons (Fsp3) is 0.0833. The maximum absolute atomic E-state index is 15.9. The summed E-state index contributed by atoms with van der Waals surface area (Å²) in [5.41, 5.74) is -0.459. The normalized spacial score (nSPS) is 12.9. The number of carbonyl (C=O) groups is 1. The van der Waals surface area contributed by atoms with Crippen LogP contribution in [0, 0.1) is 17.5 Å². The molecule has 1 aromatic heterocycles. The first kappa shape index (κ1) is 21.1. The lowest BCUT2D eigenvalue weighted by Crippen LogP contribution is -2.22. The standard InChI is InChI=1S/C24H14ClF3N2O3/c25-14-2-1-12-9-29(10-13(12)7-14)22-19(27)8-17-21(20(22)28)30(11-18(23(17)31)24(32)33)16-5-3-15(26)4-6-16/h1-8,11H,9-10H2,(H,32,33). The summed E-state index contributed by atoms with van der Waals surface area (Å²) < 4.78 is 45.7. The van der Waals surface area contributed by atoms with E-state index in [2.05, 4.69) is 0 Å². The monoisotopic (exact) mass is 470 g/mol. The zero-order valence-corrected chi connectivity index (χ0v) is 17.5. The van der Waals surface area contributed by atoms with E-state index >= 15 is 8.78 Å². The molecule has 0 atom stereocenters. The first-order chi connectivity index (χ1) is 15.7. The predicted octanol–water partition coefficient (Wildman–Crippen LogP) is 5.28. The molecular weight excluding hydrogens is 457 g/mol. The van der Waals surface area contributed by atoms with Crippen LogP contribution in [0.3, 0.4) is 0 Å². The fourth-order valence-electron chi connectivity index (χ4n) is 4.17. The quantitative estimate of drug-likeness (QED) is 0.442. The number of fused-ring (bicyclic) bond motifs is 2. The second-order valence-corrected chi connectivity index (χ2v) is 8.15. The van der Waals surface area contributed by atoms with Crippen molar-refractivity contribution in [2.24, 2.45) is 0 Å². The van der Waals surface area contributed by atoms with Crippen LogP contribution in [0.2, 0.25) is 5.02 Å². The van der Waals surface area contributed by atoms with E-state index < -0.39 is 39.8 Å². The number of rotatable bonds is 3. The number of nitrogens with zero attached hydrogens (tertiary/aromatic N) is 2. The summed E-state index contributed by atoms with van der Waals surface area (Å²) in [6.07, 6.45) is 0.962. The van der Waals surface area contributed by atoms with Gasteiger partial charge in [0.05, 0.1) is 10.9 Å². The zero-order chi connectivity index (χ0) is 23.4. The highest BCUT2D eigenvalue weighted by molar-refractivity contribution is 6.30. The summed E-state index contributed by atoms with van der Waals surface area (Å²) in [5, 5.41) is 9.52. The maximum Gasteiger partial charge on any atom is 0.341 e. The predicted molar refractivity (Wildman–Crippen MR) is 118 cm³/mol. The second kappa shape index (κ2) is 7.67. The minimum Gasteiger partial charge on any atom is -0.477 e. The van der Waals surface area contributed by atoms with Gasteiger partial charge in [0, 0.05) is 30.0 Å². The summed E-state index contributed by atoms with van der Waals surface area (Å²) >= 11 is 6.04. The Labute approximate surface area is 189 Å². The van der Waals surface area contributed by atoms with Gasteiger partial charge in [-0.25, -0.2) is 18.0 Å². The highest BCUT2D eigenvalue weighted by Crippen LogP contribution is 2.36. The minimum atomic E-state index is -1.55. The van der Waals surface area contributed by atoms with E-state index in [0.717, 1.165) is 40.1 Å². The lowest BCUT2D eigenvalue weighted by atomic mass is 10.1. The molecule has 0 saturated carbocycles. The zero-order valence-electron chi connectivity index (χ0n) is 16.8. The average Bonchev–Trinajstić information content (AvgIpc) is 3.17. The Bertz CT molecular complexity index is 1520. The van der Waals surface area contributed by atoms with Gasteiger partial charge in [-0.1, -0.05) is 17.7 Å². The SMILES string of the molecule is O=C(O)c1cn(-c2ccc(F)cc2)c2c(F)c(N3Cc4ccc(Cl)cc4C3)c(F)cc2c1=O. The highest BCUT2D eigenvalue weighted by atomic mass is 35.5. The fourth-order valence-corrected chi connectivity index (χ4v) is 4.37. The van der Waals surface area contributed by atoms with Crippen molar-refractivity contribution in [1.82, 2.24) is 4.57 Å². The molecule has 5 rings (SSSR count). The number of hydrogen-bond donors (Lipinski definition) is 1. The van der Waals surface area contributed by atoms with Gasteiger partial charge in [0.2, 0.25) is 5.43 Å². The molecule has 0 amide bonds. The van der Waals surface area contributed by atoms with Crippen molar-refractivity contribution in [3.05, 3.63) is 104 Å². The van der Waals surface area contributed by atoms with Crippen molar-refractivity contribution in [2.75, 3.05) is 4.90 Å². The second-order valence-electron chi connectivity index (χ2n) is 7.71. The summed E-state index contributed by atoms with van der Waals surface area (Å²) in [5.74, 6) is -4.12. The van der Waals surface area contributed by atoms with E-state index in [1.807, 2.05) is 0 Å². The molecule has 1 aliphatic heterocycles. The van der Waals surface area contributed by atoms with Crippen LogP contribution in [-0.2, 0) is 13.1 Å². The van der Waals surface area contributed by atoms with Crippen LogP contribution in [0.5, 0.6) is 0 Å². The third kappa shape index (κ3) is 3.43. The Morgan fingerprint density at radius 1 is 0.970 bits per heavy atom. The topological polar surface area (TPSA) is 62.5 Å². The molecule has 0 aliphatic carbocycles. The molecule has 3 aromatic carbocycles. The number of hydrogen-bond acceptors (Lipinski definition) is 3. The van der Waals surface area contributed by atoms with Crippen LogP contribution in [0.15, 0.2) is 59.5 Å². The molecule has 4 aromatic rings. The Kier molecular flexibility index (Phi) is 4.90. The lowest BCUT2D eigenvalue weighted by Gasteiger charge is -2.22. The number of aromatic nitrogens is 1. The summed E-state index contributed by atoms with van der Waals surface area (Å²) in [6, 6.07) is 10.9. The molecule has 0 radical (unpaired) electrons. The molecule has 0 spiro atoms. The largest absolute Gasteiger partial charge is 0.477 e. The summed E-state index contributed by atoms with van der Waals surface area (Å²) in [7, 11) is 0. The molecule has 0 saturated heterocycles. The van der Waals surface area contributed by atoms with Gasteiger partial charge in [0.1, 0.15) is 22.9 Å². The Morgan fingerprint density at radius 3 is 2.36 bits per heavy atom. The van der Waals surface area contributed by atoms with Crippen LogP contribution >= 0.6 is 11.6 Å². The van der Waals surface area contributed by atoms with Crippen LogP contribution in [0.4, 0.5) is 18.9 Å². The molecule has 0 fully saturated rings. The molecule has 9 heteroatoms. The molecule has 33 heavy (non-hydrogen) atoms. The third-order valence-corrected chi connectivity index (χ3v) is 5.93.